The molecule has 1 aromatic carbocycles. The predicted molar refractivity (Wildman–Crippen MR) is 99.5 cm³/mol. The summed E-state index contributed by atoms with van der Waals surface area (Å²) >= 11 is 3.51. The van der Waals surface area contributed by atoms with Crippen molar-refractivity contribution >= 4 is 27.8 Å². The highest BCUT2D eigenvalue weighted by Crippen LogP contribution is 2.17. The third-order valence-corrected chi connectivity index (χ3v) is 4.03. The van der Waals surface area contributed by atoms with Crippen LogP contribution < -0.4 is 10.6 Å². The Morgan fingerprint density at radius 1 is 1.26 bits per heavy atom. The van der Waals surface area contributed by atoms with Crippen LogP contribution in [-0.4, -0.2) is 43.4 Å². The predicted octanol–water partition coefficient (Wildman–Crippen LogP) is 2.76. The van der Waals surface area contributed by atoms with Crippen LogP contribution in [-0.2, 0) is 11.3 Å². The van der Waals surface area contributed by atoms with E-state index in [9.17, 15) is 4.79 Å². The molecule has 0 spiro atoms. The molecule has 0 aromatic heterocycles. The summed E-state index contributed by atoms with van der Waals surface area (Å²) in [6.45, 7) is 6.89. The van der Waals surface area contributed by atoms with Crippen LogP contribution in [0.25, 0.3) is 0 Å². The number of hydrogen-bond donors (Lipinski definition) is 2. The standard InChI is InChI=1S/C17H27BrN4O/c1-4-11-20-17(19-5-2)21-12-10-16(23)22(3)13-14-8-6-7-9-15(14)18/h6-9H,4-5,10-13H2,1-3H3,(H2,19,20,21). The van der Waals surface area contributed by atoms with Gasteiger partial charge in [-0.2, -0.15) is 0 Å². The van der Waals surface area contributed by atoms with Crippen molar-refractivity contribution in [3.05, 3.63) is 34.3 Å². The Morgan fingerprint density at radius 3 is 2.65 bits per heavy atom. The van der Waals surface area contributed by atoms with Crippen LogP contribution in [0, 0.1) is 0 Å². The van der Waals surface area contributed by atoms with Crippen LogP contribution in [0.5, 0.6) is 0 Å². The lowest BCUT2D eigenvalue weighted by atomic mass is 10.2. The maximum atomic E-state index is 12.2. The molecule has 0 unspecified atom stereocenters. The molecule has 2 N–H and O–H groups in total. The van der Waals surface area contributed by atoms with Crippen LogP contribution >= 0.6 is 15.9 Å². The van der Waals surface area contributed by atoms with Crippen LogP contribution in [0.3, 0.4) is 0 Å². The number of halogens is 1. The fourth-order valence-electron chi connectivity index (χ4n) is 2.01. The molecule has 128 valence electrons. The number of amides is 1. The summed E-state index contributed by atoms with van der Waals surface area (Å²) in [5, 5.41) is 6.37. The number of nitrogens with one attached hydrogen (secondary N) is 2. The number of guanidine groups is 1. The minimum atomic E-state index is 0.111. The number of rotatable bonds is 8. The molecule has 1 rings (SSSR count). The van der Waals surface area contributed by atoms with Gasteiger partial charge in [-0.3, -0.25) is 9.79 Å². The Balaban J connectivity index is 2.41. The number of benzene rings is 1. The highest BCUT2D eigenvalue weighted by molar-refractivity contribution is 9.10. The zero-order valence-corrected chi connectivity index (χ0v) is 15.8. The van der Waals surface area contributed by atoms with Gasteiger partial charge in [0.1, 0.15) is 0 Å². The third kappa shape index (κ3) is 7.50. The van der Waals surface area contributed by atoms with Gasteiger partial charge in [0.15, 0.2) is 5.96 Å². The van der Waals surface area contributed by atoms with Crippen LogP contribution in [0.2, 0.25) is 0 Å². The number of carbonyl (C=O) groups excluding carboxylic acids is 1. The number of aliphatic imine (C=N–C) groups is 1. The van der Waals surface area contributed by atoms with E-state index in [4.69, 9.17) is 0 Å². The van der Waals surface area contributed by atoms with E-state index in [1.807, 2.05) is 38.2 Å². The van der Waals surface area contributed by atoms with Gasteiger partial charge in [0.25, 0.3) is 0 Å². The summed E-state index contributed by atoms with van der Waals surface area (Å²) in [6.07, 6.45) is 1.45. The molecule has 0 bridgehead atoms. The molecule has 0 aliphatic carbocycles. The summed E-state index contributed by atoms with van der Waals surface area (Å²) < 4.78 is 1.03. The number of hydrogen-bond acceptors (Lipinski definition) is 2. The molecule has 0 heterocycles. The highest BCUT2D eigenvalue weighted by atomic mass is 79.9. The van der Waals surface area contributed by atoms with Crippen molar-refractivity contribution in [1.82, 2.24) is 15.5 Å². The average Bonchev–Trinajstić information content (AvgIpc) is 2.54. The van der Waals surface area contributed by atoms with E-state index in [2.05, 4.69) is 38.5 Å². The normalized spacial score (nSPS) is 11.2. The lowest BCUT2D eigenvalue weighted by molar-refractivity contribution is -0.130. The van der Waals surface area contributed by atoms with Gasteiger partial charge in [-0.1, -0.05) is 41.1 Å². The SMILES string of the molecule is CCCN=C(NCC)NCCC(=O)N(C)Cc1ccccc1Br. The summed E-state index contributed by atoms with van der Waals surface area (Å²) in [7, 11) is 1.83. The zero-order valence-electron chi connectivity index (χ0n) is 14.2. The Bertz CT molecular complexity index is 519. The Morgan fingerprint density at radius 2 is 2.00 bits per heavy atom. The second-order valence-electron chi connectivity index (χ2n) is 5.28. The molecule has 0 aliphatic heterocycles. The van der Waals surface area contributed by atoms with Gasteiger partial charge in [-0.05, 0) is 25.0 Å². The molecule has 0 saturated heterocycles. The van der Waals surface area contributed by atoms with E-state index in [1.165, 1.54) is 0 Å². The molecule has 1 aromatic rings. The summed E-state index contributed by atoms with van der Waals surface area (Å²) in [4.78, 5) is 18.4. The molecule has 6 heteroatoms. The quantitative estimate of drug-likeness (QED) is 0.536. The Kier molecular flexibility index (Phi) is 9.36. The van der Waals surface area contributed by atoms with Gasteiger partial charge in [0.2, 0.25) is 5.91 Å². The molecule has 0 atom stereocenters. The van der Waals surface area contributed by atoms with Crippen LogP contribution in [0.1, 0.15) is 32.3 Å². The van der Waals surface area contributed by atoms with Crippen molar-refractivity contribution < 1.29 is 4.79 Å². The van der Waals surface area contributed by atoms with Crippen molar-refractivity contribution in [1.29, 1.82) is 0 Å². The van der Waals surface area contributed by atoms with Gasteiger partial charge in [0, 0.05) is 44.1 Å². The molecule has 1 amide bonds. The lowest BCUT2D eigenvalue weighted by Gasteiger charge is -2.19. The van der Waals surface area contributed by atoms with Gasteiger partial charge in [-0.25, -0.2) is 0 Å². The molecular weight excluding hydrogens is 356 g/mol. The zero-order chi connectivity index (χ0) is 17.1. The van der Waals surface area contributed by atoms with E-state index in [0.717, 1.165) is 35.5 Å². The first-order valence-corrected chi connectivity index (χ1v) is 8.87. The fourth-order valence-corrected chi connectivity index (χ4v) is 2.42. The van der Waals surface area contributed by atoms with Gasteiger partial charge in [0.05, 0.1) is 0 Å². The first-order chi connectivity index (χ1) is 11.1. The second-order valence-corrected chi connectivity index (χ2v) is 6.13. The van der Waals surface area contributed by atoms with Gasteiger partial charge >= 0.3 is 0 Å². The van der Waals surface area contributed by atoms with Crippen LogP contribution in [0.15, 0.2) is 33.7 Å². The largest absolute Gasteiger partial charge is 0.357 e. The first-order valence-electron chi connectivity index (χ1n) is 8.08. The van der Waals surface area contributed by atoms with Crippen molar-refractivity contribution in [2.24, 2.45) is 4.99 Å². The highest BCUT2D eigenvalue weighted by Gasteiger charge is 2.10. The van der Waals surface area contributed by atoms with Crippen molar-refractivity contribution in [2.75, 3.05) is 26.7 Å². The Hall–Kier alpha value is -1.56. The van der Waals surface area contributed by atoms with Crippen molar-refractivity contribution in [3.63, 3.8) is 0 Å². The Labute approximate surface area is 147 Å². The van der Waals surface area contributed by atoms with E-state index in [0.29, 0.717) is 19.5 Å². The summed E-state index contributed by atoms with van der Waals surface area (Å²) in [6, 6.07) is 7.96. The van der Waals surface area contributed by atoms with E-state index < -0.39 is 0 Å². The third-order valence-electron chi connectivity index (χ3n) is 3.26. The summed E-state index contributed by atoms with van der Waals surface area (Å²) in [5.41, 5.74) is 1.11. The summed E-state index contributed by atoms with van der Waals surface area (Å²) in [5.74, 6) is 0.884. The maximum absolute atomic E-state index is 12.2. The number of nitrogens with zero attached hydrogens (tertiary/aromatic N) is 2. The maximum Gasteiger partial charge on any atom is 0.224 e. The monoisotopic (exact) mass is 382 g/mol. The fraction of sp³-hybridized carbons (Fsp3) is 0.529. The second kappa shape index (κ2) is 11.0. The molecular formula is C17H27BrN4O. The van der Waals surface area contributed by atoms with E-state index >= 15 is 0 Å². The smallest absolute Gasteiger partial charge is 0.224 e. The lowest BCUT2D eigenvalue weighted by Crippen LogP contribution is -2.39. The van der Waals surface area contributed by atoms with E-state index in [-0.39, 0.29) is 5.91 Å². The molecule has 23 heavy (non-hydrogen) atoms. The number of carbonyl (C=O) groups is 1. The molecule has 0 saturated carbocycles. The molecule has 0 radical (unpaired) electrons. The van der Waals surface area contributed by atoms with Gasteiger partial charge in [-0.15, -0.1) is 0 Å². The molecule has 5 nitrogen and oxygen atoms in total. The molecule has 0 aliphatic rings. The van der Waals surface area contributed by atoms with Gasteiger partial charge < -0.3 is 15.5 Å². The molecule has 0 fully saturated rings. The topological polar surface area (TPSA) is 56.7 Å². The minimum Gasteiger partial charge on any atom is -0.357 e. The minimum absolute atomic E-state index is 0.111. The average molecular weight is 383 g/mol. The van der Waals surface area contributed by atoms with Crippen molar-refractivity contribution in [2.45, 2.75) is 33.2 Å². The first kappa shape index (κ1) is 19.5. The van der Waals surface area contributed by atoms with Crippen LogP contribution in [0.4, 0.5) is 0 Å². The van der Waals surface area contributed by atoms with Crippen molar-refractivity contribution in [3.8, 4) is 0 Å². The van der Waals surface area contributed by atoms with E-state index in [1.54, 1.807) is 4.90 Å².